The summed E-state index contributed by atoms with van der Waals surface area (Å²) >= 11 is 0. The van der Waals surface area contributed by atoms with E-state index in [-0.39, 0.29) is 11.8 Å². The molecule has 18 heavy (non-hydrogen) atoms. The number of likely N-dealkylation sites (N-methyl/N-ethyl adjacent to an activating group) is 1. The molecular weight excluding hydrogens is 234 g/mol. The van der Waals surface area contributed by atoms with Crippen molar-refractivity contribution in [3.8, 4) is 0 Å². The van der Waals surface area contributed by atoms with Gasteiger partial charge in [0.05, 0.1) is 13.0 Å². The maximum absolute atomic E-state index is 11.6. The molecule has 0 aromatic carbocycles. The molecule has 0 saturated carbocycles. The summed E-state index contributed by atoms with van der Waals surface area (Å²) < 4.78 is 9.97. The van der Waals surface area contributed by atoms with Gasteiger partial charge in [-0.25, -0.2) is 0 Å². The average molecular weight is 255 g/mol. The topological polar surface area (TPSA) is 68.5 Å². The fraction of sp³-hybridized carbons (Fsp3) is 0.750. The van der Waals surface area contributed by atoms with Gasteiger partial charge in [0, 0.05) is 33.0 Å². The fourth-order valence-corrected chi connectivity index (χ4v) is 1.38. The second kappa shape index (κ2) is 7.10. The van der Waals surface area contributed by atoms with Gasteiger partial charge in [0.1, 0.15) is 0 Å². The zero-order chi connectivity index (χ0) is 13.5. The quantitative estimate of drug-likeness (QED) is 0.733. The lowest BCUT2D eigenvalue weighted by molar-refractivity contribution is -0.130. The van der Waals surface area contributed by atoms with E-state index in [1.165, 1.54) is 0 Å². The fourth-order valence-electron chi connectivity index (χ4n) is 1.38. The van der Waals surface area contributed by atoms with Gasteiger partial charge in [0.2, 0.25) is 11.8 Å². The zero-order valence-electron chi connectivity index (χ0n) is 11.5. The second-order valence-electron chi connectivity index (χ2n) is 4.51. The lowest BCUT2D eigenvalue weighted by atomic mass is 10.2. The van der Waals surface area contributed by atoms with Crippen LogP contribution in [0.15, 0.2) is 4.52 Å². The Labute approximate surface area is 107 Å². The number of methoxy groups -OCH3 is 1. The Hall–Kier alpha value is -1.43. The summed E-state index contributed by atoms with van der Waals surface area (Å²) in [7, 11) is 3.35. The Morgan fingerprint density at radius 3 is 2.78 bits per heavy atom. The molecule has 0 aliphatic carbocycles. The van der Waals surface area contributed by atoms with Gasteiger partial charge in [-0.05, 0) is 0 Å². The second-order valence-corrected chi connectivity index (χ2v) is 4.51. The molecule has 0 atom stereocenters. The van der Waals surface area contributed by atoms with E-state index in [0.29, 0.717) is 37.7 Å². The van der Waals surface area contributed by atoms with Gasteiger partial charge >= 0.3 is 0 Å². The number of ether oxygens (including phenoxy) is 1. The Morgan fingerprint density at radius 2 is 2.22 bits per heavy atom. The number of nitrogens with zero attached hydrogens (tertiary/aromatic N) is 3. The van der Waals surface area contributed by atoms with Gasteiger partial charge in [-0.1, -0.05) is 19.0 Å². The molecule has 1 aromatic heterocycles. The third-order valence-corrected chi connectivity index (χ3v) is 2.59. The molecule has 0 aliphatic rings. The van der Waals surface area contributed by atoms with E-state index in [9.17, 15) is 4.79 Å². The number of rotatable bonds is 7. The molecule has 1 aromatic rings. The average Bonchev–Trinajstić information content (AvgIpc) is 2.81. The summed E-state index contributed by atoms with van der Waals surface area (Å²) in [5, 5.41) is 3.88. The van der Waals surface area contributed by atoms with E-state index in [1.54, 1.807) is 19.1 Å². The number of hydrogen-bond donors (Lipinski definition) is 0. The molecule has 1 rings (SSSR count). The van der Waals surface area contributed by atoms with Crippen LogP contribution in [0.5, 0.6) is 0 Å². The summed E-state index contributed by atoms with van der Waals surface area (Å²) in [6.07, 6.45) is 1.00. The molecule has 102 valence electrons. The molecule has 0 aliphatic heterocycles. The van der Waals surface area contributed by atoms with Crippen molar-refractivity contribution in [2.45, 2.75) is 32.6 Å². The van der Waals surface area contributed by atoms with E-state index in [0.717, 1.165) is 0 Å². The van der Waals surface area contributed by atoms with Gasteiger partial charge in [-0.2, -0.15) is 4.98 Å². The van der Waals surface area contributed by atoms with E-state index in [1.807, 2.05) is 13.8 Å². The van der Waals surface area contributed by atoms with E-state index < -0.39 is 0 Å². The Morgan fingerprint density at radius 1 is 1.50 bits per heavy atom. The minimum Gasteiger partial charge on any atom is -0.384 e. The van der Waals surface area contributed by atoms with Gasteiger partial charge in [0.15, 0.2) is 5.82 Å². The maximum atomic E-state index is 11.6. The smallest absolute Gasteiger partial charge is 0.229 e. The number of amides is 1. The van der Waals surface area contributed by atoms with Crippen LogP contribution in [0.3, 0.4) is 0 Å². The Balaban J connectivity index is 2.37. The number of carbonyl (C=O) groups excluding carboxylic acids is 1. The van der Waals surface area contributed by atoms with Gasteiger partial charge in [0.25, 0.3) is 0 Å². The largest absolute Gasteiger partial charge is 0.384 e. The Bertz CT molecular complexity index is 376. The molecular formula is C12H21N3O3. The highest BCUT2D eigenvalue weighted by Gasteiger charge is 2.12. The third kappa shape index (κ3) is 4.44. The monoisotopic (exact) mass is 255 g/mol. The summed E-state index contributed by atoms with van der Waals surface area (Å²) in [6.45, 7) is 5.03. The van der Waals surface area contributed by atoms with Crippen LogP contribution in [0, 0.1) is 0 Å². The molecule has 0 radical (unpaired) electrons. The molecule has 6 heteroatoms. The van der Waals surface area contributed by atoms with Crippen molar-refractivity contribution >= 4 is 5.91 Å². The number of carbonyl (C=O) groups is 1. The minimum absolute atomic E-state index is 0.0597. The van der Waals surface area contributed by atoms with Crippen LogP contribution in [0.25, 0.3) is 0 Å². The highest BCUT2D eigenvalue weighted by molar-refractivity contribution is 5.75. The normalized spacial score (nSPS) is 10.9. The zero-order valence-corrected chi connectivity index (χ0v) is 11.5. The maximum Gasteiger partial charge on any atom is 0.229 e. The molecule has 1 amide bonds. The summed E-state index contributed by atoms with van der Waals surface area (Å²) in [6, 6.07) is 0. The van der Waals surface area contributed by atoms with Crippen molar-refractivity contribution in [2.75, 3.05) is 27.3 Å². The molecule has 0 spiro atoms. The molecule has 6 nitrogen and oxygen atoms in total. The highest BCUT2D eigenvalue weighted by atomic mass is 16.5. The number of hydrogen-bond acceptors (Lipinski definition) is 5. The van der Waals surface area contributed by atoms with E-state index in [2.05, 4.69) is 10.1 Å². The van der Waals surface area contributed by atoms with Crippen molar-refractivity contribution in [1.29, 1.82) is 0 Å². The van der Waals surface area contributed by atoms with E-state index >= 15 is 0 Å². The number of aromatic nitrogens is 2. The minimum atomic E-state index is 0.0597. The summed E-state index contributed by atoms with van der Waals surface area (Å²) in [5.41, 5.74) is 0. The van der Waals surface area contributed by atoms with Gasteiger partial charge in [-0.15, -0.1) is 0 Å². The first-order valence-corrected chi connectivity index (χ1v) is 6.10. The van der Waals surface area contributed by atoms with Crippen LogP contribution in [-0.2, 0) is 16.0 Å². The van der Waals surface area contributed by atoms with Crippen LogP contribution in [-0.4, -0.2) is 48.3 Å². The molecule has 0 unspecified atom stereocenters. The van der Waals surface area contributed by atoms with Gasteiger partial charge < -0.3 is 14.2 Å². The third-order valence-electron chi connectivity index (χ3n) is 2.59. The highest BCUT2D eigenvalue weighted by Crippen LogP contribution is 2.11. The molecule has 0 N–H and O–H groups in total. The van der Waals surface area contributed by atoms with Crippen LogP contribution < -0.4 is 0 Å². The van der Waals surface area contributed by atoms with Crippen LogP contribution in [0.1, 0.15) is 37.9 Å². The molecule has 0 fully saturated rings. The molecule has 0 saturated heterocycles. The summed E-state index contributed by atoms with van der Waals surface area (Å²) in [4.78, 5) is 17.5. The molecule has 0 bridgehead atoms. The van der Waals surface area contributed by atoms with Crippen molar-refractivity contribution in [3.05, 3.63) is 11.7 Å². The SMILES string of the molecule is COCCC(=O)N(C)CCc1noc(C(C)C)n1. The summed E-state index contributed by atoms with van der Waals surface area (Å²) in [5.74, 6) is 1.57. The van der Waals surface area contributed by atoms with Crippen LogP contribution in [0.4, 0.5) is 0 Å². The first-order valence-electron chi connectivity index (χ1n) is 6.10. The van der Waals surface area contributed by atoms with Crippen molar-refractivity contribution in [1.82, 2.24) is 15.0 Å². The van der Waals surface area contributed by atoms with Crippen molar-refractivity contribution < 1.29 is 14.1 Å². The lowest BCUT2D eigenvalue weighted by Gasteiger charge is -2.15. The first kappa shape index (κ1) is 14.6. The standard InChI is InChI=1S/C12H21N3O3/c1-9(2)12-13-10(14-18-12)5-7-15(3)11(16)6-8-17-4/h9H,5-8H2,1-4H3. The van der Waals surface area contributed by atoms with Gasteiger partial charge in [-0.3, -0.25) is 4.79 Å². The molecule has 1 heterocycles. The van der Waals surface area contributed by atoms with Crippen molar-refractivity contribution in [2.24, 2.45) is 0 Å². The predicted octanol–water partition coefficient (Wildman–Crippen LogP) is 1.23. The van der Waals surface area contributed by atoms with Crippen LogP contribution in [0.2, 0.25) is 0 Å². The first-order chi connectivity index (χ1) is 8.54. The lowest BCUT2D eigenvalue weighted by Crippen LogP contribution is -2.29. The predicted molar refractivity (Wildman–Crippen MR) is 66.2 cm³/mol. The van der Waals surface area contributed by atoms with Crippen molar-refractivity contribution in [3.63, 3.8) is 0 Å². The Kier molecular flexibility index (Phi) is 5.77. The van der Waals surface area contributed by atoms with Crippen LogP contribution >= 0.6 is 0 Å². The van der Waals surface area contributed by atoms with E-state index in [4.69, 9.17) is 9.26 Å².